The molecule has 0 bridgehead atoms. The van der Waals surface area contributed by atoms with Gasteiger partial charge in [0.25, 0.3) is 5.91 Å². The van der Waals surface area contributed by atoms with Crippen molar-refractivity contribution >= 4 is 28.1 Å². The number of nitrogens with one attached hydrogen (secondary N) is 1. The van der Waals surface area contributed by atoms with Crippen molar-refractivity contribution in [2.75, 3.05) is 0 Å². The van der Waals surface area contributed by atoms with Crippen LogP contribution in [-0.4, -0.2) is 27.3 Å². The molecule has 1 amide bonds. The smallest absolute Gasteiger partial charge is 0.271 e. The molecule has 0 unspecified atom stereocenters. The lowest BCUT2D eigenvalue weighted by Gasteiger charge is -2.02. The van der Waals surface area contributed by atoms with Crippen molar-refractivity contribution in [2.24, 2.45) is 5.10 Å². The van der Waals surface area contributed by atoms with E-state index in [9.17, 15) is 15.0 Å². The summed E-state index contributed by atoms with van der Waals surface area (Å²) < 4.78 is 0.414. The number of benzene rings is 1. The van der Waals surface area contributed by atoms with Crippen molar-refractivity contribution in [1.29, 1.82) is 0 Å². The Morgan fingerprint density at radius 3 is 2.65 bits per heavy atom. The summed E-state index contributed by atoms with van der Waals surface area (Å²) in [5, 5.41) is 22.7. The number of nitrogens with zero attached hydrogens (tertiary/aromatic N) is 2. The lowest BCUT2D eigenvalue weighted by Crippen LogP contribution is -2.17. The van der Waals surface area contributed by atoms with Crippen molar-refractivity contribution < 1.29 is 15.0 Å². The molecule has 0 fully saturated rings. The highest BCUT2D eigenvalue weighted by atomic mass is 79.9. The molecule has 7 heteroatoms. The van der Waals surface area contributed by atoms with Gasteiger partial charge < -0.3 is 10.2 Å². The van der Waals surface area contributed by atoms with Gasteiger partial charge >= 0.3 is 0 Å². The number of halogens is 1. The SMILES string of the molecule is O=C(N/N=C/c1cc(Br)c(O)cc1O)c1ccncc1. The number of carbonyl (C=O) groups excluding carboxylic acids is 1. The van der Waals surface area contributed by atoms with Gasteiger partial charge in [0.05, 0.1) is 10.7 Å². The Hall–Kier alpha value is -2.41. The van der Waals surface area contributed by atoms with E-state index in [4.69, 9.17) is 0 Å². The number of pyridine rings is 1. The summed E-state index contributed by atoms with van der Waals surface area (Å²) in [5.41, 5.74) is 3.10. The number of phenols is 2. The molecule has 0 radical (unpaired) electrons. The lowest BCUT2D eigenvalue weighted by atomic mass is 10.2. The third-order valence-electron chi connectivity index (χ3n) is 2.41. The van der Waals surface area contributed by atoms with E-state index < -0.39 is 0 Å². The number of carbonyl (C=O) groups is 1. The van der Waals surface area contributed by atoms with Gasteiger partial charge in [0, 0.05) is 29.6 Å². The molecule has 0 aliphatic carbocycles. The van der Waals surface area contributed by atoms with Crippen LogP contribution in [0.5, 0.6) is 11.5 Å². The second kappa shape index (κ2) is 6.16. The van der Waals surface area contributed by atoms with Crippen LogP contribution in [0.15, 0.2) is 46.2 Å². The quantitative estimate of drug-likeness (QED) is 0.590. The Labute approximate surface area is 122 Å². The van der Waals surface area contributed by atoms with Crippen molar-refractivity contribution in [1.82, 2.24) is 10.4 Å². The second-order valence-corrected chi connectivity index (χ2v) is 4.65. The van der Waals surface area contributed by atoms with Crippen LogP contribution in [0.3, 0.4) is 0 Å². The summed E-state index contributed by atoms with van der Waals surface area (Å²) in [7, 11) is 0. The summed E-state index contributed by atoms with van der Waals surface area (Å²) in [6.07, 6.45) is 4.28. The molecule has 1 heterocycles. The maximum Gasteiger partial charge on any atom is 0.271 e. The number of amides is 1. The number of hydrazone groups is 1. The molecular formula is C13H10BrN3O3. The van der Waals surface area contributed by atoms with Gasteiger partial charge in [0.1, 0.15) is 11.5 Å². The van der Waals surface area contributed by atoms with E-state index in [2.05, 4.69) is 31.4 Å². The Morgan fingerprint density at radius 1 is 1.25 bits per heavy atom. The molecule has 2 rings (SSSR count). The summed E-state index contributed by atoms with van der Waals surface area (Å²) in [6, 6.07) is 5.77. The Morgan fingerprint density at radius 2 is 1.95 bits per heavy atom. The highest BCUT2D eigenvalue weighted by molar-refractivity contribution is 9.10. The van der Waals surface area contributed by atoms with Crippen molar-refractivity contribution in [2.45, 2.75) is 0 Å². The lowest BCUT2D eigenvalue weighted by molar-refractivity contribution is 0.0955. The summed E-state index contributed by atoms with van der Waals surface area (Å²) >= 11 is 3.12. The standard InChI is InChI=1S/C13H10BrN3O3/c14-10-5-9(11(18)6-12(10)19)7-16-17-13(20)8-1-3-15-4-2-8/h1-7,18-19H,(H,17,20)/b16-7+. The van der Waals surface area contributed by atoms with Gasteiger partial charge in [0.2, 0.25) is 0 Å². The number of aromatic nitrogens is 1. The predicted molar refractivity (Wildman–Crippen MR) is 76.8 cm³/mol. The minimum atomic E-state index is -0.388. The topological polar surface area (TPSA) is 94.8 Å². The molecule has 0 aliphatic rings. The van der Waals surface area contributed by atoms with Crippen LogP contribution in [-0.2, 0) is 0 Å². The fourth-order valence-electron chi connectivity index (χ4n) is 1.40. The van der Waals surface area contributed by atoms with Gasteiger partial charge in [-0.05, 0) is 34.1 Å². The molecule has 3 N–H and O–H groups in total. The first-order valence-corrected chi connectivity index (χ1v) is 6.32. The zero-order valence-electron chi connectivity index (χ0n) is 10.1. The average molecular weight is 336 g/mol. The minimum Gasteiger partial charge on any atom is -0.507 e. The van der Waals surface area contributed by atoms with E-state index >= 15 is 0 Å². The van der Waals surface area contributed by atoms with E-state index in [1.165, 1.54) is 30.7 Å². The van der Waals surface area contributed by atoms with Gasteiger partial charge in [-0.15, -0.1) is 0 Å². The van der Waals surface area contributed by atoms with Crippen LogP contribution in [0.1, 0.15) is 15.9 Å². The van der Waals surface area contributed by atoms with Crippen molar-refractivity contribution in [3.8, 4) is 11.5 Å². The van der Waals surface area contributed by atoms with E-state index in [0.717, 1.165) is 0 Å². The summed E-state index contributed by atoms with van der Waals surface area (Å²) in [4.78, 5) is 15.5. The van der Waals surface area contributed by atoms with E-state index in [0.29, 0.717) is 15.6 Å². The van der Waals surface area contributed by atoms with Crippen LogP contribution >= 0.6 is 15.9 Å². The predicted octanol–water partition coefficient (Wildman–Crippen LogP) is 2.02. The molecule has 0 spiro atoms. The molecule has 0 aliphatic heterocycles. The van der Waals surface area contributed by atoms with Crippen LogP contribution in [0.25, 0.3) is 0 Å². The molecule has 0 saturated heterocycles. The zero-order valence-corrected chi connectivity index (χ0v) is 11.7. The Balaban J connectivity index is 2.08. The second-order valence-electron chi connectivity index (χ2n) is 3.80. The van der Waals surface area contributed by atoms with Gasteiger partial charge in [-0.25, -0.2) is 5.43 Å². The van der Waals surface area contributed by atoms with Crippen LogP contribution in [0.2, 0.25) is 0 Å². The maximum atomic E-state index is 11.7. The highest BCUT2D eigenvalue weighted by Crippen LogP contribution is 2.30. The molecular weight excluding hydrogens is 326 g/mol. The highest BCUT2D eigenvalue weighted by Gasteiger charge is 2.06. The molecule has 0 saturated carbocycles. The molecule has 2 aromatic rings. The molecule has 0 atom stereocenters. The monoisotopic (exact) mass is 335 g/mol. The van der Waals surface area contributed by atoms with Crippen LogP contribution in [0, 0.1) is 0 Å². The number of hydrogen-bond donors (Lipinski definition) is 3. The van der Waals surface area contributed by atoms with Gasteiger partial charge in [-0.2, -0.15) is 5.10 Å². The number of hydrogen-bond acceptors (Lipinski definition) is 5. The third kappa shape index (κ3) is 3.33. The minimum absolute atomic E-state index is 0.0829. The van der Waals surface area contributed by atoms with Crippen molar-refractivity contribution in [3.63, 3.8) is 0 Å². The van der Waals surface area contributed by atoms with Gasteiger partial charge in [-0.1, -0.05) is 0 Å². The van der Waals surface area contributed by atoms with Crippen LogP contribution < -0.4 is 5.43 Å². The fraction of sp³-hybridized carbons (Fsp3) is 0. The molecule has 1 aromatic heterocycles. The average Bonchev–Trinajstić information content (AvgIpc) is 2.45. The summed E-state index contributed by atoms with van der Waals surface area (Å²) in [6.45, 7) is 0. The molecule has 6 nitrogen and oxygen atoms in total. The van der Waals surface area contributed by atoms with Gasteiger partial charge in [0.15, 0.2) is 0 Å². The largest absolute Gasteiger partial charge is 0.507 e. The van der Waals surface area contributed by atoms with Gasteiger partial charge in [-0.3, -0.25) is 9.78 Å². The first kappa shape index (κ1) is 14.0. The number of rotatable bonds is 3. The molecule has 20 heavy (non-hydrogen) atoms. The normalized spacial score (nSPS) is 10.7. The summed E-state index contributed by atoms with van der Waals surface area (Å²) in [5.74, 6) is -0.617. The van der Waals surface area contributed by atoms with E-state index in [1.54, 1.807) is 12.1 Å². The van der Waals surface area contributed by atoms with Crippen molar-refractivity contribution in [3.05, 3.63) is 52.3 Å². The van der Waals surface area contributed by atoms with E-state index in [-0.39, 0.29) is 17.4 Å². The first-order chi connectivity index (χ1) is 9.58. The van der Waals surface area contributed by atoms with E-state index in [1.807, 2.05) is 0 Å². The van der Waals surface area contributed by atoms with Crippen LogP contribution in [0.4, 0.5) is 0 Å². The number of aromatic hydroxyl groups is 2. The Kier molecular flexibility index (Phi) is 4.31. The zero-order chi connectivity index (χ0) is 14.5. The maximum absolute atomic E-state index is 11.7. The molecule has 102 valence electrons. The Bertz CT molecular complexity index is 659. The fourth-order valence-corrected chi connectivity index (χ4v) is 1.76. The number of phenolic OH excluding ortho intramolecular Hbond substituents is 2. The molecule has 1 aromatic carbocycles. The first-order valence-electron chi connectivity index (χ1n) is 5.53. The third-order valence-corrected chi connectivity index (χ3v) is 3.04.